The molecule has 0 aliphatic heterocycles. The summed E-state index contributed by atoms with van der Waals surface area (Å²) in [5, 5.41) is 9.24. The van der Waals surface area contributed by atoms with Crippen LogP contribution in [0, 0.1) is 6.92 Å². The summed E-state index contributed by atoms with van der Waals surface area (Å²) >= 11 is 0. The molecule has 0 bridgehead atoms. The van der Waals surface area contributed by atoms with Gasteiger partial charge in [-0.25, -0.2) is 0 Å². The summed E-state index contributed by atoms with van der Waals surface area (Å²) in [5.41, 5.74) is 0. The largest absolute Gasteiger partial charge is 1.00 e. The van der Waals surface area contributed by atoms with Gasteiger partial charge in [-0.15, -0.1) is 0 Å². The molecular weight excluding hydrogens is 65.9 g/mol. The molecule has 0 spiro atoms. The SMILES string of the molecule is [CH2-]CC[O-].[Li+].[Li+]. The predicted octanol–water partition coefficient (Wildman–Crippen LogP) is -6.42. The summed E-state index contributed by atoms with van der Waals surface area (Å²) < 4.78 is 0. The minimum absolute atomic E-state index is 0. The Labute approximate surface area is 62.9 Å². The Balaban J connectivity index is -0.0000000450. The third-order valence-electron chi connectivity index (χ3n) is 0.144. The summed E-state index contributed by atoms with van der Waals surface area (Å²) in [6.07, 6.45) is 0.514. The number of hydrogen-bond donors (Lipinski definition) is 0. The van der Waals surface area contributed by atoms with Crippen LogP contribution in [0.3, 0.4) is 0 Å². The topological polar surface area (TPSA) is 23.1 Å². The van der Waals surface area contributed by atoms with Crippen LogP contribution in [-0.4, -0.2) is 6.61 Å². The average molecular weight is 72.0 g/mol. The third-order valence-corrected chi connectivity index (χ3v) is 0.144. The van der Waals surface area contributed by atoms with Gasteiger partial charge in [-0.2, -0.15) is 13.0 Å². The molecule has 0 unspecified atom stereocenters. The zero-order chi connectivity index (χ0) is 3.41. The van der Waals surface area contributed by atoms with Crippen molar-refractivity contribution in [1.82, 2.24) is 0 Å². The van der Waals surface area contributed by atoms with Crippen molar-refractivity contribution in [1.29, 1.82) is 0 Å². The van der Waals surface area contributed by atoms with Crippen molar-refractivity contribution in [2.24, 2.45) is 0 Å². The van der Waals surface area contributed by atoms with Gasteiger partial charge >= 0.3 is 37.7 Å². The maximum absolute atomic E-state index is 9.24. The van der Waals surface area contributed by atoms with E-state index in [4.69, 9.17) is 0 Å². The van der Waals surface area contributed by atoms with Gasteiger partial charge in [-0.05, 0) is 0 Å². The molecule has 0 N–H and O–H groups in total. The van der Waals surface area contributed by atoms with Gasteiger partial charge in [-0.3, -0.25) is 0 Å². The molecule has 0 aromatic heterocycles. The molecule has 0 aliphatic carbocycles. The molecule has 26 valence electrons. The molecule has 0 aromatic rings. The van der Waals surface area contributed by atoms with E-state index in [1.165, 1.54) is 0 Å². The maximum Gasteiger partial charge on any atom is 1.00 e. The quantitative estimate of drug-likeness (QED) is 0.223. The smallest absolute Gasteiger partial charge is 0.856 e. The normalized spacial score (nSPS) is 5.00. The molecule has 0 rings (SSSR count). The second kappa shape index (κ2) is 16.4. The van der Waals surface area contributed by atoms with E-state index in [2.05, 4.69) is 6.92 Å². The van der Waals surface area contributed by atoms with Crippen molar-refractivity contribution in [2.75, 3.05) is 6.61 Å². The first-order chi connectivity index (χ1) is 1.91. The second-order valence-corrected chi connectivity index (χ2v) is 0.558. The van der Waals surface area contributed by atoms with Crippen LogP contribution >= 0.6 is 0 Å². The van der Waals surface area contributed by atoms with E-state index in [1.807, 2.05) is 0 Å². The summed E-state index contributed by atoms with van der Waals surface area (Å²) in [4.78, 5) is 0. The van der Waals surface area contributed by atoms with Gasteiger partial charge < -0.3 is 12.0 Å². The second-order valence-electron chi connectivity index (χ2n) is 0.558. The molecule has 0 heterocycles. The van der Waals surface area contributed by atoms with E-state index >= 15 is 0 Å². The fourth-order valence-electron chi connectivity index (χ4n) is 0. The van der Waals surface area contributed by atoms with Crippen LogP contribution in [0.15, 0.2) is 0 Å². The van der Waals surface area contributed by atoms with Gasteiger partial charge in [0.2, 0.25) is 0 Å². The van der Waals surface area contributed by atoms with E-state index in [9.17, 15) is 5.11 Å². The van der Waals surface area contributed by atoms with Crippen molar-refractivity contribution < 1.29 is 42.8 Å². The molecule has 0 saturated heterocycles. The predicted molar refractivity (Wildman–Crippen MR) is 14.8 cm³/mol. The van der Waals surface area contributed by atoms with E-state index in [0.717, 1.165) is 0 Å². The van der Waals surface area contributed by atoms with Crippen LogP contribution in [0.1, 0.15) is 6.42 Å². The Morgan fingerprint density at radius 3 is 1.50 bits per heavy atom. The van der Waals surface area contributed by atoms with Crippen LogP contribution in [0.2, 0.25) is 0 Å². The molecule has 0 aromatic carbocycles. The van der Waals surface area contributed by atoms with Gasteiger partial charge in [0.15, 0.2) is 0 Å². The van der Waals surface area contributed by atoms with Gasteiger partial charge in [-0.1, -0.05) is 0 Å². The fourth-order valence-corrected chi connectivity index (χ4v) is 0. The Hall–Kier alpha value is 1.15. The van der Waals surface area contributed by atoms with Gasteiger partial charge in [0.25, 0.3) is 0 Å². The standard InChI is InChI=1S/C3H6O.2Li/c1-2-3-4;;/h1-3H2;;/q-2;2*+1. The Morgan fingerprint density at radius 1 is 1.33 bits per heavy atom. The first kappa shape index (κ1) is 15.7. The zero-order valence-corrected chi connectivity index (χ0v) is 4.53. The van der Waals surface area contributed by atoms with Crippen LogP contribution in [0.25, 0.3) is 0 Å². The first-order valence-electron chi connectivity index (χ1n) is 1.29. The van der Waals surface area contributed by atoms with Crippen LogP contribution in [-0.2, 0) is 0 Å². The van der Waals surface area contributed by atoms with Gasteiger partial charge in [0, 0.05) is 0 Å². The Kier molecular flexibility index (Phi) is 43.0. The monoisotopic (exact) mass is 72.1 g/mol. The van der Waals surface area contributed by atoms with Crippen molar-refractivity contribution in [3.8, 4) is 0 Å². The minimum Gasteiger partial charge on any atom is -0.856 e. The molecule has 0 saturated carbocycles. The molecule has 0 amide bonds. The van der Waals surface area contributed by atoms with Crippen molar-refractivity contribution in [2.45, 2.75) is 6.42 Å². The van der Waals surface area contributed by atoms with E-state index < -0.39 is 0 Å². The van der Waals surface area contributed by atoms with Crippen molar-refractivity contribution in [3.05, 3.63) is 6.92 Å². The number of hydrogen-bond acceptors (Lipinski definition) is 1. The van der Waals surface area contributed by atoms with E-state index in [-0.39, 0.29) is 44.3 Å². The van der Waals surface area contributed by atoms with E-state index in [0.29, 0.717) is 6.42 Å². The third kappa shape index (κ3) is 19.2. The van der Waals surface area contributed by atoms with E-state index in [1.54, 1.807) is 0 Å². The first-order valence-corrected chi connectivity index (χ1v) is 1.29. The molecule has 3 heteroatoms. The zero-order valence-electron chi connectivity index (χ0n) is 4.53. The average Bonchev–Trinajstić information content (AvgIpc) is 1.37. The molecule has 0 aliphatic rings. The summed E-state index contributed by atoms with van der Waals surface area (Å²) in [6, 6.07) is 0. The summed E-state index contributed by atoms with van der Waals surface area (Å²) in [5.74, 6) is 0. The summed E-state index contributed by atoms with van der Waals surface area (Å²) in [6.45, 7) is 3.25. The molecule has 0 fully saturated rings. The van der Waals surface area contributed by atoms with Gasteiger partial charge in [0.1, 0.15) is 0 Å². The molecule has 0 radical (unpaired) electrons. The van der Waals surface area contributed by atoms with Crippen molar-refractivity contribution in [3.63, 3.8) is 0 Å². The Bertz CT molecular complexity index is 10.8. The number of rotatable bonds is 1. The van der Waals surface area contributed by atoms with Crippen LogP contribution < -0.4 is 42.8 Å². The minimum atomic E-state index is -0.0417. The molecular formula is C3H6Li2O. The Morgan fingerprint density at radius 2 is 1.50 bits per heavy atom. The summed E-state index contributed by atoms with van der Waals surface area (Å²) in [7, 11) is 0. The molecule has 6 heavy (non-hydrogen) atoms. The molecule has 0 atom stereocenters. The maximum atomic E-state index is 9.24. The van der Waals surface area contributed by atoms with Crippen molar-refractivity contribution >= 4 is 0 Å². The molecule has 1 nitrogen and oxygen atoms in total. The van der Waals surface area contributed by atoms with Gasteiger partial charge in [0.05, 0.1) is 0 Å². The fraction of sp³-hybridized carbons (Fsp3) is 0.667. The van der Waals surface area contributed by atoms with Crippen LogP contribution in [0.5, 0.6) is 0 Å². The van der Waals surface area contributed by atoms with Crippen LogP contribution in [0.4, 0.5) is 0 Å².